The van der Waals surface area contributed by atoms with Gasteiger partial charge in [0.25, 0.3) is 0 Å². The average Bonchev–Trinajstić information content (AvgIpc) is 3.11. The minimum Gasteiger partial charge on any atom is -0.301 e. The zero-order valence-electron chi connectivity index (χ0n) is 15.2. The number of ketones is 1. The van der Waals surface area contributed by atoms with Gasteiger partial charge in [-0.25, -0.2) is 0 Å². The number of amides is 1. The standard InChI is InChI=1S/C20H25N3O2S/c1-2-3-8-19-22-23-20(26-19)21-18(25)12-11-17(24)16-10-9-14-6-4-5-7-15(14)13-16/h9-10,13H,2-8,11-12H2,1H3,(H,21,23,25). The third kappa shape index (κ3) is 4.97. The first-order chi connectivity index (χ1) is 12.7. The van der Waals surface area contributed by atoms with Gasteiger partial charge in [-0.15, -0.1) is 10.2 Å². The quantitative estimate of drug-likeness (QED) is 0.700. The Balaban J connectivity index is 1.49. The molecule has 0 atom stereocenters. The first-order valence-corrected chi connectivity index (χ1v) is 10.2. The van der Waals surface area contributed by atoms with Gasteiger partial charge in [0.05, 0.1) is 0 Å². The zero-order chi connectivity index (χ0) is 18.4. The number of Topliss-reactive ketones (excluding diaryl/α,β-unsaturated/α-hetero) is 1. The number of aryl methyl sites for hydroxylation is 3. The van der Waals surface area contributed by atoms with E-state index in [1.54, 1.807) is 0 Å². The molecule has 2 aromatic rings. The minimum absolute atomic E-state index is 0.0226. The van der Waals surface area contributed by atoms with E-state index >= 15 is 0 Å². The molecule has 1 N–H and O–H groups in total. The molecule has 5 nitrogen and oxygen atoms in total. The number of benzene rings is 1. The molecule has 0 saturated carbocycles. The fourth-order valence-corrected chi connectivity index (χ4v) is 3.99. The summed E-state index contributed by atoms with van der Waals surface area (Å²) in [6.07, 6.45) is 8.01. The maximum atomic E-state index is 12.4. The predicted octanol–water partition coefficient (Wildman–Crippen LogP) is 4.36. The lowest BCUT2D eigenvalue weighted by atomic mass is 9.89. The number of hydrogen-bond donors (Lipinski definition) is 1. The normalized spacial score (nSPS) is 13.3. The summed E-state index contributed by atoms with van der Waals surface area (Å²) in [7, 11) is 0. The maximum Gasteiger partial charge on any atom is 0.226 e. The number of nitrogens with zero attached hydrogens (tertiary/aromatic N) is 2. The summed E-state index contributed by atoms with van der Waals surface area (Å²) in [6, 6.07) is 5.98. The molecule has 1 aromatic carbocycles. The van der Waals surface area contributed by atoms with Crippen molar-refractivity contribution >= 4 is 28.2 Å². The van der Waals surface area contributed by atoms with Gasteiger partial charge in [0.2, 0.25) is 11.0 Å². The van der Waals surface area contributed by atoms with Crippen LogP contribution in [0.3, 0.4) is 0 Å². The number of hydrogen-bond acceptors (Lipinski definition) is 5. The van der Waals surface area contributed by atoms with Crippen LogP contribution in [0.1, 0.15) is 71.9 Å². The van der Waals surface area contributed by atoms with Crippen molar-refractivity contribution in [2.24, 2.45) is 0 Å². The Morgan fingerprint density at radius 1 is 1.12 bits per heavy atom. The van der Waals surface area contributed by atoms with Gasteiger partial charge in [-0.05, 0) is 49.3 Å². The molecule has 0 saturated heterocycles. The molecule has 0 radical (unpaired) electrons. The van der Waals surface area contributed by atoms with E-state index in [4.69, 9.17) is 0 Å². The highest BCUT2D eigenvalue weighted by atomic mass is 32.1. The number of carbonyl (C=O) groups is 2. The Morgan fingerprint density at radius 2 is 1.92 bits per heavy atom. The highest BCUT2D eigenvalue weighted by Crippen LogP contribution is 2.23. The number of aromatic nitrogens is 2. The fraction of sp³-hybridized carbons (Fsp3) is 0.500. The molecule has 26 heavy (non-hydrogen) atoms. The molecule has 1 aliphatic rings. The van der Waals surface area contributed by atoms with Crippen molar-refractivity contribution in [3.05, 3.63) is 39.9 Å². The smallest absolute Gasteiger partial charge is 0.226 e. The van der Waals surface area contributed by atoms with Gasteiger partial charge in [0.15, 0.2) is 5.78 Å². The summed E-state index contributed by atoms with van der Waals surface area (Å²) in [5, 5.41) is 12.3. The van der Waals surface area contributed by atoms with Gasteiger partial charge in [-0.1, -0.05) is 36.8 Å². The fourth-order valence-electron chi connectivity index (χ4n) is 3.19. The highest BCUT2D eigenvalue weighted by Gasteiger charge is 2.15. The van der Waals surface area contributed by atoms with E-state index in [2.05, 4.69) is 28.5 Å². The molecular weight excluding hydrogens is 346 g/mol. The van der Waals surface area contributed by atoms with Crippen LogP contribution in [0.25, 0.3) is 0 Å². The van der Waals surface area contributed by atoms with Gasteiger partial charge in [0, 0.05) is 24.8 Å². The van der Waals surface area contributed by atoms with E-state index in [1.807, 2.05) is 12.1 Å². The number of anilines is 1. The van der Waals surface area contributed by atoms with Crippen molar-refractivity contribution in [1.82, 2.24) is 10.2 Å². The summed E-state index contributed by atoms with van der Waals surface area (Å²) in [5.74, 6) is -0.163. The van der Waals surface area contributed by atoms with Crippen LogP contribution in [-0.4, -0.2) is 21.9 Å². The van der Waals surface area contributed by atoms with Crippen molar-refractivity contribution in [3.63, 3.8) is 0 Å². The Labute approximate surface area is 158 Å². The first kappa shape index (κ1) is 18.7. The van der Waals surface area contributed by atoms with Gasteiger partial charge in [-0.2, -0.15) is 0 Å². The van der Waals surface area contributed by atoms with Crippen LogP contribution in [0.4, 0.5) is 5.13 Å². The Hall–Kier alpha value is -2.08. The number of fused-ring (bicyclic) bond motifs is 1. The Morgan fingerprint density at radius 3 is 2.73 bits per heavy atom. The van der Waals surface area contributed by atoms with Crippen LogP contribution in [-0.2, 0) is 24.1 Å². The molecule has 0 bridgehead atoms. The number of nitrogens with one attached hydrogen (secondary N) is 1. The van der Waals surface area contributed by atoms with Gasteiger partial charge < -0.3 is 5.32 Å². The SMILES string of the molecule is CCCCc1nnc(NC(=O)CCC(=O)c2ccc3c(c2)CCCC3)s1. The summed E-state index contributed by atoms with van der Waals surface area (Å²) < 4.78 is 0. The number of carbonyl (C=O) groups excluding carboxylic acids is 2. The molecule has 3 rings (SSSR count). The third-order valence-corrected chi connectivity index (χ3v) is 5.61. The van der Waals surface area contributed by atoms with Gasteiger partial charge in [-0.3, -0.25) is 9.59 Å². The van der Waals surface area contributed by atoms with Crippen molar-refractivity contribution in [2.45, 2.75) is 64.7 Å². The molecule has 0 unspecified atom stereocenters. The Kier molecular flexibility index (Phi) is 6.50. The second kappa shape index (κ2) is 9.03. The molecule has 1 aromatic heterocycles. The van der Waals surface area contributed by atoms with Crippen LogP contribution in [0.15, 0.2) is 18.2 Å². The van der Waals surface area contributed by atoms with Crippen molar-refractivity contribution in [3.8, 4) is 0 Å². The summed E-state index contributed by atoms with van der Waals surface area (Å²) in [6.45, 7) is 2.13. The molecular formula is C20H25N3O2S. The van der Waals surface area contributed by atoms with Crippen molar-refractivity contribution < 1.29 is 9.59 Å². The van der Waals surface area contributed by atoms with Crippen molar-refractivity contribution in [1.29, 1.82) is 0 Å². The summed E-state index contributed by atoms with van der Waals surface area (Å²) >= 11 is 1.41. The highest BCUT2D eigenvalue weighted by molar-refractivity contribution is 7.15. The molecule has 0 fully saturated rings. The van der Waals surface area contributed by atoms with Crippen LogP contribution in [0.5, 0.6) is 0 Å². The summed E-state index contributed by atoms with van der Waals surface area (Å²) in [5.41, 5.74) is 3.37. The number of unbranched alkanes of at least 4 members (excludes halogenated alkanes) is 1. The van der Waals surface area contributed by atoms with Gasteiger partial charge in [0.1, 0.15) is 5.01 Å². The topological polar surface area (TPSA) is 72.0 Å². The van der Waals surface area contributed by atoms with Crippen LogP contribution in [0, 0.1) is 0 Å². The van der Waals surface area contributed by atoms with E-state index in [0.29, 0.717) is 5.13 Å². The predicted molar refractivity (Wildman–Crippen MR) is 104 cm³/mol. The third-order valence-electron chi connectivity index (χ3n) is 4.71. The molecule has 1 heterocycles. The van der Waals surface area contributed by atoms with E-state index in [9.17, 15) is 9.59 Å². The largest absolute Gasteiger partial charge is 0.301 e. The average molecular weight is 372 g/mol. The van der Waals surface area contributed by atoms with Gasteiger partial charge >= 0.3 is 0 Å². The monoisotopic (exact) mass is 371 g/mol. The van der Waals surface area contributed by atoms with Crippen molar-refractivity contribution in [2.75, 3.05) is 5.32 Å². The molecule has 1 aliphatic carbocycles. The molecule has 0 aliphatic heterocycles. The Bertz CT molecular complexity index is 785. The lowest BCUT2D eigenvalue weighted by molar-refractivity contribution is -0.116. The van der Waals surface area contributed by atoms with Crippen LogP contribution < -0.4 is 5.32 Å². The second-order valence-electron chi connectivity index (χ2n) is 6.77. The minimum atomic E-state index is -0.186. The van der Waals surface area contributed by atoms with Crippen LogP contribution in [0.2, 0.25) is 0 Å². The van der Waals surface area contributed by atoms with Crippen LogP contribution >= 0.6 is 11.3 Å². The maximum absolute atomic E-state index is 12.4. The lowest BCUT2D eigenvalue weighted by Gasteiger charge is -2.16. The lowest BCUT2D eigenvalue weighted by Crippen LogP contribution is -2.14. The molecule has 138 valence electrons. The number of rotatable bonds is 8. The molecule has 1 amide bonds. The van der Waals surface area contributed by atoms with E-state index in [0.717, 1.165) is 42.7 Å². The summed E-state index contributed by atoms with van der Waals surface area (Å²) in [4.78, 5) is 24.5. The van der Waals surface area contributed by atoms with E-state index in [1.165, 1.54) is 35.3 Å². The second-order valence-corrected chi connectivity index (χ2v) is 7.83. The molecule has 6 heteroatoms. The molecule has 0 spiro atoms. The van der Waals surface area contributed by atoms with E-state index < -0.39 is 0 Å². The zero-order valence-corrected chi connectivity index (χ0v) is 16.0. The first-order valence-electron chi connectivity index (χ1n) is 9.43. The van der Waals surface area contributed by atoms with E-state index in [-0.39, 0.29) is 24.5 Å².